The largest absolute Gasteiger partial charge is 0.391 e. The van der Waals surface area contributed by atoms with E-state index in [1.54, 1.807) is 0 Å². The van der Waals surface area contributed by atoms with Crippen LogP contribution in [-0.2, 0) is 0 Å². The van der Waals surface area contributed by atoms with Crippen LogP contribution in [0.2, 0.25) is 0 Å². The lowest BCUT2D eigenvalue weighted by molar-refractivity contribution is 0.617. The van der Waals surface area contributed by atoms with E-state index in [0.29, 0.717) is 5.82 Å². The SMILES string of the molecule is CCCCCCCCNc1nc[nH]c(=O)c1N. The van der Waals surface area contributed by atoms with Gasteiger partial charge in [0.05, 0.1) is 6.33 Å². The molecule has 0 radical (unpaired) electrons. The Bertz CT molecular complexity index is 375. The molecule has 0 amide bonds. The van der Waals surface area contributed by atoms with Gasteiger partial charge < -0.3 is 16.0 Å². The molecule has 0 atom stereocenters. The zero-order chi connectivity index (χ0) is 12.5. The number of rotatable bonds is 8. The summed E-state index contributed by atoms with van der Waals surface area (Å²) in [6.07, 6.45) is 8.81. The van der Waals surface area contributed by atoms with Gasteiger partial charge in [-0.2, -0.15) is 0 Å². The summed E-state index contributed by atoms with van der Waals surface area (Å²) in [5.74, 6) is 0.488. The molecule has 1 aromatic heterocycles. The van der Waals surface area contributed by atoms with Gasteiger partial charge >= 0.3 is 0 Å². The first-order valence-corrected chi connectivity index (χ1v) is 6.32. The lowest BCUT2D eigenvalue weighted by atomic mass is 10.1. The Labute approximate surface area is 102 Å². The summed E-state index contributed by atoms with van der Waals surface area (Å²) in [5.41, 5.74) is 5.47. The minimum absolute atomic E-state index is 0.165. The fourth-order valence-electron chi connectivity index (χ4n) is 1.66. The van der Waals surface area contributed by atoms with E-state index in [4.69, 9.17) is 5.73 Å². The maximum Gasteiger partial charge on any atom is 0.276 e. The molecule has 96 valence electrons. The molecular weight excluding hydrogens is 216 g/mol. The van der Waals surface area contributed by atoms with Crippen LogP contribution in [0.1, 0.15) is 45.4 Å². The van der Waals surface area contributed by atoms with Crippen LogP contribution in [0.5, 0.6) is 0 Å². The summed E-state index contributed by atoms with van der Waals surface area (Å²) < 4.78 is 0. The van der Waals surface area contributed by atoms with E-state index >= 15 is 0 Å². The van der Waals surface area contributed by atoms with Crippen LogP contribution in [0.15, 0.2) is 11.1 Å². The second kappa shape index (κ2) is 7.70. The molecule has 5 heteroatoms. The van der Waals surface area contributed by atoms with Crippen molar-refractivity contribution in [3.8, 4) is 0 Å². The maximum absolute atomic E-state index is 11.2. The maximum atomic E-state index is 11.2. The third kappa shape index (κ3) is 4.89. The van der Waals surface area contributed by atoms with Gasteiger partial charge in [-0.15, -0.1) is 0 Å². The van der Waals surface area contributed by atoms with Gasteiger partial charge in [0.2, 0.25) is 0 Å². The van der Waals surface area contributed by atoms with Gasteiger partial charge in [-0.3, -0.25) is 4.79 Å². The lowest BCUT2D eigenvalue weighted by Crippen LogP contribution is -2.16. The molecule has 0 spiro atoms. The van der Waals surface area contributed by atoms with Crippen LogP contribution in [0.25, 0.3) is 0 Å². The van der Waals surface area contributed by atoms with E-state index in [1.165, 1.54) is 38.4 Å². The molecule has 0 unspecified atom stereocenters. The predicted molar refractivity (Wildman–Crippen MR) is 71.1 cm³/mol. The van der Waals surface area contributed by atoms with Gasteiger partial charge in [-0.25, -0.2) is 4.98 Å². The molecule has 1 heterocycles. The lowest BCUT2D eigenvalue weighted by Gasteiger charge is -2.06. The molecule has 17 heavy (non-hydrogen) atoms. The number of hydrogen-bond acceptors (Lipinski definition) is 4. The fraction of sp³-hybridized carbons (Fsp3) is 0.667. The standard InChI is InChI=1S/C12H22N4O/c1-2-3-4-5-6-7-8-14-11-10(13)12(17)16-9-15-11/h9H,2-8,13H2,1H3,(H2,14,15,16,17). The average Bonchev–Trinajstić information content (AvgIpc) is 2.33. The zero-order valence-electron chi connectivity index (χ0n) is 10.5. The first-order chi connectivity index (χ1) is 8.25. The Morgan fingerprint density at radius 1 is 1.29 bits per heavy atom. The third-order valence-electron chi connectivity index (χ3n) is 2.71. The molecule has 0 aliphatic heterocycles. The summed E-state index contributed by atoms with van der Waals surface area (Å²) in [4.78, 5) is 17.6. The monoisotopic (exact) mass is 238 g/mol. The van der Waals surface area contributed by atoms with Crippen molar-refractivity contribution in [2.45, 2.75) is 45.4 Å². The highest BCUT2D eigenvalue weighted by atomic mass is 16.1. The number of aromatic amines is 1. The van der Waals surface area contributed by atoms with E-state index in [0.717, 1.165) is 13.0 Å². The smallest absolute Gasteiger partial charge is 0.276 e. The minimum atomic E-state index is -0.287. The van der Waals surface area contributed by atoms with Gasteiger partial charge in [-0.05, 0) is 6.42 Å². The Morgan fingerprint density at radius 3 is 2.76 bits per heavy atom. The predicted octanol–water partition coefficient (Wildman–Crippen LogP) is 2.12. The summed E-state index contributed by atoms with van der Waals surface area (Å²) in [7, 11) is 0. The van der Waals surface area contributed by atoms with Crippen LogP contribution in [-0.4, -0.2) is 16.5 Å². The molecule has 4 N–H and O–H groups in total. The quantitative estimate of drug-likeness (QED) is 0.606. The highest BCUT2D eigenvalue weighted by Crippen LogP contribution is 2.09. The van der Waals surface area contributed by atoms with Gasteiger partial charge in [0, 0.05) is 6.54 Å². The van der Waals surface area contributed by atoms with Crippen molar-refractivity contribution in [1.29, 1.82) is 0 Å². The highest BCUT2D eigenvalue weighted by Gasteiger charge is 2.02. The average molecular weight is 238 g/mol. The van der Waals surface area contributed by atoms with Crippen molar-refractivity contribution in [2.75, 3.05) is 17.6 Å². The Kier molecular flexibility index (Phi) is 6.14. The fourth-order valence-corrected chi connectivity index (χ4v) is 1.66. The molecule has 1 rings (SSSR count). The van der Waals surface area contributed by atoms with Crippen molar-refractivity contribution < 1.29 is 0 Å². The van der Waals surface area contributed by atoms with E-state index in [-0.39, 0.29) is 11.2 Å². The van der Waals surface area contributed by atoms with Gasteiger partial charge in [0.1, 0.15) is 5.69 Å². The van der Waals surface area contributed by atoms with Crippen LogP contribution < -0.4 is 16.6 Å². The molecule has 0 fully saturated rings. The van der Waals surface area contributed by atoms with Crippen molar-refractivity contribution in [2.24, 2.45) is 0 Å². The van der Waals surface area contributed by atoms with Crippen LogP contribution in [0, 0.1) is 0 Å². The number of nitrogens with two attached hydrogens (primary N) is 1. The van der Waals surface area contributed by atoms with Crippen molar-refractivity contribution in [3.63, 3.8) is 0 Å². The molecule has 0 aliphatic carbocycles. The molecule has 0 aromatic carbocycles. The summed E-state index contributed by atoms with van der Waals surface area (Å²) in [6, 6.07) is 0. The molecule has 1 aromatic rings. The number of aromatic nitrogens is 2. The summed E-state index contributed by atoms with van der Waals surface area (Å²) >= 11 is 0. The summed E-state index contributed by atoms with van der Waals surface area (Å²) in [6.45, 7) is 3.02. The highest BCUT2D eigenvalue weighted by molar-refractivity contribution is 5.58. The Hall–Kier alpha value is -1.52. The van der Waals surface area contributed by atoms with Crippen molar-refractivity contribution in [1.82, 2.24) is 9.97 Å². The van der Waals surface area contributed by atoms with Gasteiger partial charge in [0.25, 0.3) is 5.56 Å². The Morgan fingerprint density at radius 2 is 2.00 bits per heavy atom. The van der Waals surface area contributed by atoms with E-state index in [9.17, 15) is 4.79 Å². The topological polar surface area (TPSA) is 83.8 Å². The molecule has 0 aliphatic rings. The number of nitrogen functional groups attached to an aromatic ring is 1. The number of nitrogens with zero attached hydrogens (tertiary/aromatic N) is 1. The number of H-pyrrole nitrogens is 1. The number of hydrogen-bond donors (Lipinski definition) is 3. The van der Waals surface area contributed by atoms with Crippen LogP contribution >= 0.6 is 0 Å². The van der Waals surface area contributed by atoms with Crippen molar-refractivity contribution in [3.05, 3.63) is 16.7 Å². The minimum Gasteiger partial charge on any atom is -0.391 e. The van der Waals surface area contributed by atoms with Crippen LogP contribution in [0.3, 0.4) is 0 Å². The third-order valence-corrected chi connectivity index (χ3v) is 2.71. The van der Waals surface area contributed by atoms with E-state index < -0.39 is 0 Å². The second-order valence-electron chi connectivity index (χ2n) is 4.19. The molecule has 0 bridgehead atoms. The number of unbranched alkanes of at least 4 members (excludes halogenated alkanes) is 5. The number of nitrogens with one attached hydrogen (secondary N) is 2. The molecule has 0 saturated carbocycles. The van der Waals surface area contributed by atoms with Crippen molar-refractivity contribution >= 4 is 11.5 Å². The molecule has 5 nitrogen and oxygen atoms in total. The Balaban J connectivity index is 2.18. The van der Waals surface area contributed by atoms with Gasteiger partial charge in [0.15, 0.2) is 5.82 Å². The van der Waals surface area contributed by atoms with E-state index in [2.05, 4.69) is 22.2 Å². The first kappa shape index (κ1) is 13.5. The second-order valence-corrected chi connectivity index (χ2v) is 4.19. The van der Waals surface area contributed by atoms with E-state index in [1.807, 2.05) is 0 Å². The first-order valence-electron chi connectivity index (χ1n) is 6.32. The summed E-state index contributed by atoms with van der Waals surface area (Å²) in [5, 5.41) is 3.09. The molecule has 0 saturated heterocycles. The van der Waals surface area contributed by atoms with Gasteiger partial charge in [-0.1, -0.05) is 39.0 Å². The molecular formula is C12H22N4O. The zero-order valence-corrected chi connectivity index (χ0v) is 10.5. The van der Waals surface area contributed by atoms with Crippen LogP contribution in [0.4, 0.5) is 11.5 Å². The normalized spacial score (nSPS) is 10.4. The number of anilines is 2.